The Hall–Kier alpha value is -2.12. The monoisotopic (exact) mass is 429 g/mol. The van der Waals surface area contributed by atoms with Crippen molar-refractivity contribution in [2.45, 2.75) is 44.5 Å². The van der Waals surface area contributed by atoms with E-state index in [4.69, 9.17) is 16.3 Å². The highest BCUT2D eigenvalue weighted by Crippen LogP contribution is 2.48. The highest BCUT2D eigenvalue weighted by molar-refractivity contribution is 6.30. The first-order valence-corrected chi connectivity index (χ1v) is 10.8. The molecule has 6 nitrogen and oxygen atoms in total. The first kappa shape index (κ1) is 21.1. The zero-order chi connectivity index (χ0) is 21.3. The number of hydrogen-bond donors (Lipinski definition) is 3. The number of halogens is 1. The summed E-state index contributed by atoms with van der Waals surface area (Å²) < 4.78 is 5.68. The number of benzene rings is 2. The van der Waals surface area contributed by atoms with E-state index in [1.807, 2.05) is 55.1 Å². The Bertz CT molecular complexity index is 907. The van der Waals surface area contributed by atoms with E-state index < -0.39 is 0 Å². The molecule has 4 unspecified atom stereocenters. The first-order valence-electron chi connectivity index (χ1n) is 10.4. The fraction of sp³-hybridized carbons (Fsp3) is 0.435. The molecule has 2 aliphatic rings. The van der Waals surface area contributed by atoms with Crippen LogP contribution in [0.15, 0.2) is 48.5 Å². The van der Waals surface area contributed by atoms with Gasteiger partial charge in [0.15, 0.2) is 0 Å². The predicted octanol–water partition coefficient (Wildman–Crippen LogP) is 3.58. The number of carbonyl (C=O) groups excluding carboxylic acids is 1. The molecule has 2 aromatic rings. The standard InChI is InChI=1S/C23H28ClN3O3/c1-14(2)30-12-6-11-27-22(15-7-5-8-16(24)13-15)19-20(25-26-21(19)23(27)29)17-9-3-4-10-18(17)28/h3-5,7-10,13-14,19-22,25-26,28H,6,11-12H2,1-2H3. The molecule has 7 heteroatoms. The normalized spacial score (nSPS) is 25.9. The summed E-state index contributed by atoms with van der Waals surface area (Å²) in [6.45, 7) is 5.22. The number of phenolic OH excluding ortho intramolecular Hbond substituents is 1. The van der Waals surface area contributed by atoms with Crippen LogP contribution in [0, 0.1) is 5.92 Å². The van der Waals surface area contributed by atoms with Gasteiger partial charge in [-0.2, -0.15) is 0 Å². The van der Waals surface area contributed by atoms with E-state index in [1.165, 1.54) is 0 Å². The lowest BCUT2D eigenvalue weighted by atomic mass is 9.83. The van der Waals surface area contributed by atoms with Crippen LogP contribution < -0.4 is 10.9 Å². The number of fused-ring (bicyclic) bond motifs is 1. The molecule has 4 atom stereocenters. The van der Waals surface area contributed by atoms with Crippen LogP contribution in [-0.2, 0) is 9.53 Å². The maximum atomic E-state index is 13.3. The molecular weight excluding hydrogens is 402 g/mol. The van der Waals surface area contributed by atoms with Gasteiger partial charge in [-0.3, -0.25) is 4.79 Å². The van der Waals surface area contributed by atoms with Gasteiger partial charge in [0, 0.05) is 29.7 Å². The SMILES string of the molecule is CC(C)OCCCN1C(=O)C2NNC(c3ccccc3O)C2C1c1cccc(Cl)c1. The molecule has 1 amide bonds. The second kappa shape index (κ2) is 8.94. The number of para-hydroxylation sites is 1. The zero-order valence-corrected chi connectivity index (χ0v) is 18.0. The topological polar surface area (TPSA) is 73.8 Å². The second-order valence-electron chi connectivity index (χ2n) is 8.18. The minimum atomic E-state index is -0.371. The van der Waals surface area contributed by atoms with Crippen molar-refractivity contribution in [2.75, 3.05) is 13.2 Å². The number of carbonyl (C=O) groups is 1. The first-order chi connectivity index (χ1) is 14.5. The van der Waals surface area contributed by atoms with Gasteiger partial charge in [-0.15, -0.1) is 0 Å². The van der Waals surface area contributed by atoms with E-state index in [0.717, 1.165) is 17.5 Å². The fourth-order valence-electron chi connectivity index (χ4n) is 4.61. The number of likely N-dealkylation sites (tertiary alicyclic amines) is 1. The summed E-state index contributed by atoms with van der Waals surface area (Å²) in [5.74, 6) is 0.189. The number of hydrogen-bond acceptors (Lipinski definition) is 5. The third-order valence-electron chi connectivity index (χ3n) is 5.87. The quantitative estimate of drug-likeness (QED) is 0.587. The minimum absolute atomic E-state index is 0.0555. The summed E-state index contributed by atoms with van der Waals surface area (Å²) in [7, 11) is 0. The molecule has 0 bridgehead atoms. The van der Waals surface area contributed by atoms with Crippen LogP contribution in [-0.4, -0.2) is 41.2 Å². The molecule has 0 radical (unpaired) electrons. The van der Waals surface area contributed by atoms with Gasteiger partial charge in [-0.05, 0) is 44.0 Å². The van der Waals surface area contributed by atoms with Gasteiger partial charge in [-0.1, -0.05) is 41.9 Å². The number of nitrogens with one attached hydrogen (secondary N) is 2. The van der Waals surface area contributed by atoms with Crippen molar-refractivity contribution in [1.29, 1.82) is 0 Å². The van der Waals surface area contributed by atoms with Crippen molar-refractivity contribution < 1.29 is 14.6 Å². The highest BCUT2D eigenvalue weighted by atomic mass is 35.5. The third-order valence-corrected chi connectivity index (χ3v) is 6.11. The number of nitrogens with zero attached hydrogens (tertiary/aromatic N) is 1. The molecule has 0 aliphatic carbocycles. The Labute approximate surface area is 182 Å². The van der Waals surface area contributed by atoms with E-state index in [2.05, 4.69) is 10.9 Å². The van der Waals surface area contributed by atoms with Gasteiger partial charge >= 0.3 is 0 Å². The van der Waals surface area contributed by atoms with E-state index >= 15 is 0 Å². The average molecular weight is 430 g/mol. The summed E-state index contributed by atoms with van der Waals surface area (Å²) >= 11 is 6.30. The van der Waals surface area contributed by atoms with Gasteiger partial charge in [-0.25, -0.2) is 10.9 Å². The van der Waals surface area contributed by atoms with Crippen LogP contribution in [0.4, 0.5) is 0 Å². The highest BCUT2D eigenvalue weighted by Gasteiger charge is 2.55. The summed E-state index contributed by atoms with van der Waals surface area (Å²) in [6.07, 6.45) is 0.924. The lowest BCUT2D eigenvalue weighted by Crippen LogP contribution is -2.41. The molecule has 2 heterocycles. The number of amides is 1. The van der Waals surface area contributed by atoms with Gasteiger partial charge in [0.25, 0.3) is 0 Å². The number of ether oxygens (including phenoxy) is 1. The van der Waals surface area contributed by atoms with E-state index in [9.17, 15) is 9.90 Å². The zero-order valence-electron chi connectivity index (χ0n) is 17.2. The molecule has 0 spiro atoms. The molecule has 160 valence electrons. The van der Waals surface area contributed by atoms with Crippen LogP contribution in [0.2, 0.25) is 5.02 Å². The predicted molar refractivity (Wildman–Crippen MR) is 116 cm³/mol. The smallest absolute Gasteiger partial charge is 0.242 e. The molecule has 2 saturated heterocycles. The fourth-order valence-corrected chi connectivity index (χ4v) is 4.81. The average Bonchev–Trinajstić information content (AvgIpc) is 3.25. The Balaban J connectivity index is 1.66. The molecule has 0 saturated carbocycles. The molecule has 2 aromatic carbocycles. The summed E-state index contributed by atoms with van der Waals surface area (Å²) in [6, 6.07) is 14.2. The van der Waals surface area contributed by atoms with Crippen molar-refractivity contribution in [3.05, 3.63) is 64.7 Å². The summed E-state index contributed by atoms with van der Waals surface area (Å²) in [5, 5.41) is 11.1. The lowest BCUT2D eigenvalue weighted by Gasteiger charge is -2.31. The van der Waals surface area contributed by atoms with Crippen molar-refractivity contribution in [2.24, 2.45) is 5.92 Å². The maximum Gasteiger partial charge on any atom is 0.242 e. The van der Waals surface area contributed by atoms with Crippen LogP contribution >= 0.6 is 11.6 Å². The van der Waals surface area contributed by atoms with Crippen LogP contribution in [0.1, 0.15) is 43.5 Å². The van der Waals surface area contributed by atoms with Gasteiger partial charge in [0.05, 0.1) is 18.2 Å². The van der Waals surface area contributed by atoms with Crippen molar-refractivity contribution >= 4 is 17.5 Å². The molecular formula is C23H28ClN3O3. The second-order valence-corrected chi connectivity index (χ2v) is 8.62. The Morgan fingerprint density at radius 2 is 1.90 bits per heavy atom. The van der Waals surface area contributed by atoms with Gasteiger partial charge in [0.1, 0.15) is 11.8 Å². The minimum Gasteiger partial charge on any atom is -0.508 e. The number of phenols is 1. The molecule has 0 aromatic heterocycles. The van der Waals surface area contributed by atoms with Crippen LogP contribution in [0.25, 0.3) is 0 Å². The van der Waals surface area contributed by atoms with Crippen molar-refractivity contribution in [3.8, 4) is 5.75 Å². The van der Waals surface area contributed by atoms with Gasteiger partial charge < -0.3 is 14.7 Å². The van der Waals surface area contributed by atoms with E-state index in [0.29, 0.717) is 18.2 Å². The van der Waals surface area contributed by atoms with Crippen molar-refractivity contribution in [3.63, 3.8) is 0 Å². The molecule has 4 rings (SSSR count). The van der Waals surface area contributed by atoms with E-state index in [-0.39, 0.29) is 41.8 Å². The summed E-state index contributed by atoms with van der Waals surface area (Å²) in [4.78, 5) is 15.3. The van der Waals surface area contributed by atoms with Crippen molar-refractivity contribution in [1.82, 2.24) is 15.8 Å². The Kier molecular flexibility index (Phi) is 6.29. The summed E-state index contributed by atoms with van der Waals surface area (Å²) in [5.41, 5.74) is 8.21. The largest absolute Gasteiger partial charge is 0.508 e. The Morgan fingerprint density at radius 3 is 2.63 bits per heavy atom. The van der Waals surface area contributed by atoms with Crippen LogP contribution in [0.3, 0.4) is 0 Å². The lowest BCUT2D eigenvalue weighted by molar-refractivity contribution is -0.131. The molecule has 2 fully saturated rings. The number of rotatable bonds is 7. The number of aromatic hydroxyl groups is 1. The maximum absolute atomic E-state index is 13.3. The van der Waals surface area contributed by atoms with E-state index in [1.54, 1.807) is 12.1 Å². The van der Waals surface area contributed by atoms with Crippen LogP contribution in [0.5, 0.6) is 5.75 Å². The molecule has 2 aliphatic heterocycles. The Morgan fingerprint density at radius 1 is 1.13 bits per heavy atom. The number of hydrazine groups is 1. The molecule has 3 N–H and O–H groups in total. The van der Waals surface area contributed by atoms with Gasteiger partial charge in [0.2, 0.25) is 5.91 Å². The third kappa shape index (κ3) is 4.05. The molecule has 30 heavy (non-hydrogen) atoms.